The van der Waals surface area contributed by atoms with Gasteiger partial charge in [0.25, 0.3) is 5.91 Å². The van der Waals surface area contributed by atoms with Crippen molar-refractivity contribution in [3.8, 4) is 22.8 Å². The number of carbonyl (C=O) groups is 1. The molecule has 11 heteroatoms. The molecule has 36 heavy (non-hydrogen) atoms. The maximum Gasteiger partial charge on any atom is 0.424 e. The van der Waals surface area contributed by atoms with Crippen LogP contribution in [0.25, 0.3) is 11.3 Å². The van der Waals surface area contributed by atoms with Crippen LogP contribution in [0.4, 0.5) is 17.6 Å². The van der Waals surface area contributed by atoms with Crippen LogP contribution < -0.4 is 14.8 Å². The Kier molecular flexibility index (Phi) is 8.16. The average molecular weight is 508 g/mol. The third-order valence-corrected chi connectivity index (χ3v) is 5.19. The van der Waals surface area contributed by atoms with Crippen molar-refractivity contribution in [1.82, 2.24) is 10.3 Å². The summed E-state index contributed by atoms with van der Waals surface area (Å²) in [7, 11) is 1.31. The third-order valence-electron chi connectivity index (χ3n) is 5.19. The Labute approximate surface area is 204 Å². The Morgan fingerprint density at radius 2 is 1.78 bits per heavy atom. The molecule has 0 spiro atoms. The lowest BCUT2D eigenvalue weighted by molar-refractivity contribution is -0.265. The number of amides is 1. The van der Waals surface area contributed by atoms with Gasteiger partial charge in [0, 0.05) is 11.1 Å². The first-order valence-corrected chi connectivity index (χ1v) is 10.7. The van der Waals surface area contributed by atoms with Gasteiger partial charge >= 0.3 is 6.18 Å². The number of nitrogens with zero attached hydrogens (tertiary/aromatic N) is 1. The molecule has 3 N–H and O–H groups in total. The van der Waals surface area contributed by atoms with Crippen molar-refractivity contribution >= 4 is 5.91 Å². The summed E-state index contributed by atoms with van der Waals surface area (Å²) in [6.45, 7) is 0.253. The normalized spacial score (nSPS) is 14.0. The van der Waals surface area contributed by atoms with Crippen molar-refractivity contribution in [3.63, 3.8) is 0 Å². The molecule has 192 valence electrons. The van der Waals surface area contributed by atoms with Crippen LogP contribution in [0.3, 0.4) is 0 Å². The number of aliphatic hydroxyl groups is 2. The van der Waals surface area contributed by atoms with Gasteiger partial charge in [-0.3, -0.25) is 4.79 Å². The maximum absolute atomic E-state index is 14.0. The second-order valence-electron chi connectivity index (χ2n) is 7.98. The fourth-order valence-electron chi connectivity index (χ4n) is 3.23. The zero-order valence-corrected chi connectivity index (χ0v) is 19.3. The number of halogens is 4. The molecule has 0 radical (unpaired) electrons. The van der Waals surface area contributed by atoms with Gasteiger partial charge in [-0.05, 0) is 61.5 Å². The van der Waals surface area contributed by atoms with Crippen LogP contribution in [-0.4, -0.2) is 53.6 Å². The van der Waals surface area contributed by atoms with Gasteiger partial charge in [-0.2, -0.15) is 13.2 Å². The molecule has 2 aromatic carbocycles. The van der Waals surface area contributed by atoms with Crippen molar-refractivity contribution in [2.24, 2.45) is 0 Å². The number of aromatic nitrogens is 1. The van der Waals surface area contributed by atoms with Gasteiger partial charge in [0.05, 0.1) is 31.1 Å². The highest BCUT2D eigenvalue weighted by Gasteiger charge is 2.56. The van der Waals surface area contributed by atoms with Crippen molar-refractivity contribution in [2.45, 2.75) is 24.8 Å². The lowest BCUT2D eigenvalue weighted by Crippen LogP contribution is -2.51. The van der Waals surface area contributed by atoms with Crippen LogP contribution in [0.2, 0.25) is 0 Å². The van der Waals surface area contributed by atoms with E-state index in [1.54, 1.807) is 0 Å². The number of alkyl halides is 3. The molecule has 1 heterocycles. The SMILES string of the molecule is COc1cc(C(=O)NCC(O)(c2cccc(-c3ccc(F)cc3)n2)C(F)(F)F)ccc1OCC(C)O. The summed E-state index contributed by atoms with van der Waals surface area (Å²) in [6.07, 6.45) is -5.95. The Balaban J connectivity index is 1.84. The van der Waals surface area contributed by atoms with Crippen LogP contribution in [0.15, 0.2) is 60.7 Å². The Hall–Kier alpha value is -3.70. The molecular weight excluding hydrogens is 484 g/mol. The minimum Gasteiger partial charge on any atom is -0.493 e. The van der Waals surface area contributed by atoms with Gasteiger partial charge in [0.15, 0.2) is 11.5 Å². The quantitative estimate of drug-likeness (QED) is 0.380. The highest BCUT2D eigenvalue weighted by atomic mass is 19.4. The van der Waals surface area contributed by atoms with E-state index in [1.165, 1.54) is 56.5 Å². The molecule has 0 saturated carbocycles. The number of methoxy groups -OCH3 is 1. The molecule has 1 aromatic heterocycles. The topological polar surface area (TPSA) is 101 Å². The van der Waals surface area contributed by atoms with Gasteiger partial charge < -0.3 is 25.0 Å². The summed E-state index contributed by atoms with van der Waals surface area (Å²) in [5, 5.41) is 22.1. The molecule has 1 amide bonds. The van der Waals surface area contributed by atoms with Crippen LogP contribution in [-0.2, 0) is 5.60 Å². The lowest BCUT2D eigenvalue weighted by Gasteiger charge is -2.30. The molecule has 0 fully saturated rings. The zero-order chi connectivity index (χ0) is 26.5. The van der Waals surface area contributed by atoms with Crippen LogP contribution in [0.1, 0.15) is 23.0 Å². The minimum atomic E-state index is -5.19. The summed E-state index contributed by atoms with van der Waals surface area (Å²) in [5.74, 6) is -1.08. The molecule has 2 unspecified atom stereocenters. The van der Waals surface area contributed by atoms with Crippen molar-refractivity contribution in [1.29, 1.82) is 0 Å². The summed E-state index contributed by atoms with van der Waals surface area (Å²) in [5.41, 5.74) is -3.87. The number of carbonyl (C=O) groups excluding carboxylic acids is 1. The predicted molar refractivity (Wildman–Crippen MR) is 122 cm³/mol. The van der Waals surface area contributed by atoms with Gasteiger partial charge in [0.2, 0.25) is 5.60 Å². The van der Waals surface area contributed by atoms with E-state index >= 15 is 0 Å². The number of hydrogen-bond acceptors (Lipinski definition) is 6. The fraction of sp³-hybridized carbons (Fsp3) is 0.280. The largest absolute Gasteiger partial charge is 0.493 e. The van der Waals surface area contributed by atoms with Gasteiger partial charge in [0.1, 0.15) is 12.4 Å². The molecule has 3 rings (SSSR count). The third kappa shape index (κ3) is 6.10. The van der Waals surface area contributed by atoms with Gasteiger partial charge in [-0.1, -0.05) is 6.07 Å². The second kappa shape index (κ2) is 10.9. The minimum absolute atomic E-state index is 0.0372. The standard InChI is InChI=1S/C25H24F4N2O5/c1-15(32)13-36-20-11-8-17(12-21(20)35-2)23(33)30-14-24(34,25(27,28)29)22-5-3-4-19(31-22)16-6-9-18(26)10-7-16/h3-12,15,32,34H,13-14H2,1-2H3,(H,30,33). The van der Waals surface area contributed by atoms with Crippen molar-refractivity contribution < 1.29 is 42.0 Å². The van der Waals surface area contributed by atoms with Crippen LogP contribution >= 0.6 is 0 Å². The Bertz CT molecular complexity index is 1200. The van der Waals surface area contributed by atoms with E-state index in [0.29, 0.717) is 5.56 Å². The van der Waals surface area contributed by atoms with E-state index in [1.807, 2.05) is 0 Å². The summed E-state index contributed by atoms with van der Waals surface area (Å²) < 4.78 is 65.7. The molecule has 0 bridgehead atoms. The van der Waals surface area contributed by atoms with Crippen LogP contribution in [0, 0.1) is 5.82 Å². The number of aliphatic hydroxyl groups excluding tert-OH is 1. The molecule has 3 aromatic rings. The number of hydrogen-bond donors (Lipinski definition) is 3. The first-order valence-electron chi connectivity index (χ1n) is 10.7. The molecule has 0 aliphatic rings. The van der Waals surface area contributed by atoms with E-state index in [2.05, 4.69) is 10.3 Å². The average Bonchev–Trinajstić information content (AvgIpc) is 2.85. The highest BCUT2D eigenvalue weighted by Crippen LogP contribution is 2.38. The molecular formula is C25H24F4N2O5. The molecule has 0 aliphatic heterocycles. The van der Waals surface area contributed by atoms with Crippen molar-refractivity contribution in [3.05, 3.63) is 77.7 Å². The first kappa shape index (κ1) is 26.9. The highest BCUT2D eigenvalue weighted by molar-refractivity contribution is 5.95. The zero-order valence-electron chi connectivity index (χ0n) is 19.3. The van der Waals surface area contributed by atoms with E-state index in [4.69, 9.17) is 9.47 Å². The smallest absolute Gasteiger partial charge is 0.424 e. The number of ether oxygens (including phenoxy) is 2. The maximum atomic E-state index is 14.0. The number of pyridine rings is 1. The monoisotopic (exact) mass is 508 g/mol. The van der Waals surface area contributed by atoms with E-state index < -0.39 is 41.8 Å². The summed E-state index contributed by atoms with van der Waals surface area (Å²) >= 11 is 0. The van der Waals surface area contributed by atoms with Crippen LogP contribution in [0.5, 0.6) is 11.5 Å². The number of nitrogens with one attached hydrogen (secondary N) is 1. The van der Waals surface area contributed by atoms with E-state index in [9.17, 15) is 32.6 Å². The van der Waals surface area contributed by atoms with Gasteiger partial charge in [-0.25, -0.2) is 9.37 Å². The van der Waals surface area contributed by atoms with E-state index in [0.717, 1.165) is 18.2 Å². The lowest BCUT2D eigenvalue weighted by atomic mass is 9.97. The fourth-order valence-corrected chi connectivity index (χ4v) is 3.23. The molecule has 0 saturated heterocycles. The summed E-state index contributed by atoms with van der Waals surface area (Å²) in [4.78, 5) is 16.6. The number of rotatable bonds is 9. The predicted octanol–water partition coefficient (Wildman–Crippen LogP) is 3.84. The molecule has 0 aliphatic carbocycles. The van der Waals surface area contributed by atoms with Gasteiger partial charge in [-0.15, -0.1) is 0 Å². The Morgan fingerprint density at radius 3 is 2.39 bits per heavy atom. The van der Waals surface area contributed by atoms with E-state index in [-0.39, 0.29) is 29.4 Å². The number of benzene rings is 2. The molecule has 2 atom stereocenters. The summed E-state index contributed by atoms with van der Waals surface area (Å²) in [6, 6.07) is 12.6. The molecule has 7 nitrogen and oxygen atoms in total. The Morgan fingerprint density at radius 1 is 1.08 bits per heavy atom. The second-order valence-corrected chi connectivity index (χ2v) is 7.98. The first-order chi connectivity index (χ1) is 16.9. The van der Waals surface area contributed by atoms with Crippen molar-refractivity contribution in [2.75, 3.05) is 20.3 Å².